The predicted molar refractivity (Wildman–Crippen MR) is 216 cm³/mol. The lowest BCUT2D eigenvalue weighted by molar-refractivity contribution is 1.28. The minimum atomic E-state index is 1.11. The zero-order valence-corrected chi connectivity index (χ0v) is 28.2. The maximum absolute atomic E-state index is 2.41. The Morgan fingerprint density at radius 2 is 0.820 bits per heavy atom. The van der Waals surface area contributed by atoms with E-state index < -0.39 is 0 Å². The lowest BCUT2D eigenvalue weighted by Crippen LogP contribution is -2.11. The zero-order chi connectivity index (χ0) is 33.3. The highest BCUT2D eigenvalue weighted by atomic mass is 32.1. The maximum Gasteiger partial charge on any atom is 0.0540 e. The van der Waals surface area contributed by atoms with E-state index in [1.165, 1.54) is 64.7 Å². The van der Waals surface area contributed by atoms with Gasteiger partial charge in [0.25, 0.3) is 0 Å². The van der Waals surface area contributed by atoms with Gasteiger partial charge in [0.15, 0.2) is 0 Å². The van der Waals surface area contributed by atoms with E-state index in [0.717, 1.165) is 17.1 Å². The summed E-state index contributed by atoms with van der Waals surface area (Å²) in [4.78, 5) is 2.41. The zero-order valence-electron chi connectivity index (χ0n) is 27.4. The van der Waals surface area contributed by atoms with Crippen LogP contribution in [0.25, 0.3) is 64.7 Å². The molecule has 0 aliphatic rings. The van der Waals surface area contributed by atoms with Crippen LogP contribution in [0.3, 0.4) is 0 Å². The molecule has 1 aromatic heterocycles. The lowest BCUT2D eigenvalue weighted by Gasteiger charge is -2.29. The quantitative estimate of drug-likeness (QED) is 0.165. The topological polar surface area (TPSA) is 3.24 Å². The van der Waals surface area contributed by atoms with Gasteiger partial charge in [0.1, 0.15) is 0 Å². The highest BCUT2D eigenvalue weighted by Crippen LogP contribution is 2.46. The Morgan fingerprint density at radius 3 is 1.60 bits per heavy atom. The minimum Gasteiger partial charge on any atom is -0.310 e. The Morgan fingerprint density at radius 1 is 0.320 bits per heavy atom. The normalized spacial score (nSPS) is 11.2. The monoisotopic (exact) mass is 655 g/mol. The summed E-state index contributed by atoms with van der Waals surface area (Å²) in [5.74, 6) is 0. The van der Waals surface area contributed by atoms with Crippen LogP contribution in [0.15, 0.2) is 200 Å². The van der Waals surface area contributed by atoms with Crippen molar-refractivity contribution in [1.29, 1.82) is 0 Å². The van der Waals surface area contributed by atoms with Gasteiger partial charge in [0.05, 0.1) is 5.69 Å². The van der Waals surface area contributed by atoms with E-state index in [4.69, 9.17) is 0 Å². The SMILES string of the molecule is c1ccc(-c2ccccc2-c2ccccc2-c2ccccc2N(c2ccccc2)c2cccc(-c3cccc4c3sc3ccccc34)c2)cc1. The first kappa shape index (κ1) is 29.9. The van der Waals surface area contributed by atoms with Crippen molar-refractivity contribution in [3.63, 3.8) is 0 Å². The molecule has 0 aliphatic heterocycles. The largest absolute Gasteiger partial charge is 0.310 e. The number of hydrogen-bond donors (Lipinski definition) is 0. The fourth-order valence-corrected chi connectivity index (χ4v) is 8.47. The molecule has 8 aromatic carbocycles. The molecule has 1 nitrogen and oxygen atoms in total. The molecule has 0 radical (unpaired) electrons. The molecule has 236 valence electrons. The first-order chi connectivity index (χ1) is 24.8. The van der Waals surface area contributed by atoms with Crippen LogP contribution in [0, 0.1) is 0 Å². The van der Waals surface area contributed by atoms with Crippen LogP contribution >= 0.6 is 11.3 Å². The van der Waals surface area contributed by atoms with Crippen molar-refractivity contribution in [1.82, 2.24) is 0 Å². The van der Waals surface area contributed by atoms with Gasteiger partial charge in [-0.05, 0) is 75.3 Å². The number of rotatable bonds is 7. The van der Waals surface area contributed by atoms with Gasteiger partial charge >= 0.3 is 0 Å². The molecule has 0 unspecified atom stereocenters. The lowest BCUT2D eigenvalue weighted by atomic mass is 9.88. The number of nitrogens with zero attached hydrogens (tertiary/aromatic N) is 1. The number of benzene rings is 8. The van der Waals surface area contributed by atoms with Gasteiger partial charge < -0.3 is 4.90 Å². The first-order valence-corrected chi connectivity index (χ1v) is 17.8. The van der Waals surface area contributed by atoms with Crippen LogP contribution in [0.1, 0.15) is 0 Å². The van der Waals surface area contributed by atoms with Gasteiger partial charge in [0, 0.05) is 37.1 Å². The summed E-state index contributed by atoms with van der Waals surface area (Å²) in [7, 11) is 0. The number of fused-ring (bicyclic) bond motifs is 3. The second-order valence-corrected chi connectivity index (χ2v) is 13.5. The fourth-order valence-electron chi connectivity index (χ4n) is 7.23. The Labute approximate surface area is 297 Å². The molecule has 0 N–H and O–H groups in total. The molecule has 50 heavy (non-hydrogen) atoms. The van der Waals surface area contributed by atoms with Crippen LogP contribution in [0.2, 0.25) is 0 Å². The molecule has 0 saturated heterocycles. The van der Waals surface area contributed by atoms with Crippen LogP contribution in [0.5, 0.6) is 0 Å². The van der Waals surface area contributed by atoms with Crippen LogP contribution < -0.4 is 4.90 Å². The van der Waals surface area contributed by atoms with E-state index in [9.17, 15) is 0 Å². The Hall–Kier alpha value is -6.22. The summed E-state index contributed by atoms with van der Waals surface area (Å²) >= 11 is 1.88. The summed E-state index contributed by atoms with van der Waals surface area (Å²) in [5.41, 5.74) is 13.0. The van der Waals surface area contributed by atoms with Gasteiger partial charge in [0.2, 0.25) is 0 Å². The number of para-hydroxylation sites is 2. The van der Waals surface area contributed by atoms with Crippen molar-refractivity contribution >= 4 is 48.6 Å². The van der Waals surface area contributed by atoms with Crippen molar-refractivity contribution in [3.8, 4) is 44.5 Å². The van der Waals surface area contributed by atoms with Crippen LogP contribution in [-0.2, 0) is 0 Å². The first-order valence-electron chi connectivity index (χ1n) is 17.0. The molecule has 0 saturated carbocycles. The maximum atomic E-state index is 2.41. The standard InChI is InChI=1S/C48H33NS/c1-3-17-34(18-4-1)38-23-7-8-24-40(38)41-25-9-10-26-42(41)43-27-11-13-31-46(43)49(36-20-5-2-6-21-36)37-22-15-19-35(33-37)39-29-16-30-45-44-28-12-14-32-47(44)50-48(39)45/h1-33H. The van der Waals surface area contributed by atoms with E-state index >= 15 is 0 Å². The molecule has 9 aromatic rings. The molecule has 0 aliphatic carbocycles. The van der Waals surface area contributed by atoms with Crippen molar-refractivity contribution in [2.75, 3.05) is 4.90 Å². The third-order valence-electron chi connectivity index (χ3n) is 9.50. The molecule has 2 heteroatoms. The Balaban J connectivity index is 1.23. The highest BCUT2D eigenvalue weighted by molar-refractivity contribution is 7.26. The molecular formula is C48H33NS. The second-order valence-electron chi connectivity index (χ2n) is 12.5. The van der Waals surface area contributed by atoms with Gasteiger partial charge in [-0.25, -0.2) is 0 Å². The summed E-state index contributed by atoms with van der Waals surface area (Å²) in [6.45, 7) is 0. The third kappa shape index (κ3) is 5.37. The molecule has 0 spiro atoms. The molecule has 9 rings (SSSR count). The average molecular weight is 656 g/mol. The van der Waals surface area contributed by atoms with E-state index in [1.807, 2.05) is 11.3 Å². The van der Waals surface area contributed by atoms with Gasteiger partial charge in [-0.15, -0.1) is 11.3 Å². The molecule has 0 fully saturated rings. The summed E-state index contributed by atoms with van der Waals surface area (Å²) in [6.07, 6.45) is 0. The van der Waals surface area contributed by atoms with Gasteiger partial charge in [-0.2, -0.15) is 0 Å². The number of thiophene rings is 1. The van der Waals surface area contributed by atoms with E-state index in [0.29, 0.717) is 0 Å². The van der Waals surface area contributed by atoms with Crippen LogP contribution in [-0.4, -0.2) is 0 Å². The average Bonchev–Trinajstić information content (AvgIpc) is 3.58. The molecule has 0 atom stereocenters. The highest BCUT2D eigenvalue weighted by Gasteiger charge is 2.20. The van der Waals surface area contributed by atoms with Gasteiger partial charge in [-0.1, -0.05) is 164 Å². The fraction of sp³-hybridized carbons (Fsp3) is 0. The van der Waals surface area contributed by atoms with Crippen molar-refractivity contribution in [2.45, 2.75) is 0 Å². The number of anilines is 3. The predicted octanol–water partition coefficient (Wildman–Crippen LogP) is 14.2. The minimum absolute atomic E-state index is 1.11. The summed E-state index contributed by atoms with van der Waals surface area (Å²) in [6, 6.07) is 72.2. The molecule has 0 amide bonds. The smallest absolute Gasteiger partial charge is 0.0540 e. The second kappa shape index (κ2) is 13.0. The number of hydrogen-bond acceptors (Lipinski definition) is 2. The van der Waals surface area contributed by atoms with Crippen molar-refractivity contribution < 1.29 is 0 Å². The molecule has 0 bridgehead atoms. The van der Waals surface area contributed by atoms with E-state index in [2.05, 4.69) is 205 Å². The van der Waals surface area contributed by atoms with Crippen molar-refractivity contribution in [2.24, 2.45) is 0 Å². The summed E-state index contributed by atoms with van der Waals surface area (Å²) < 4.78 is 2.64. The Bertz CT molecular complexity index is 2600. The summed E-state index contributed by atoms with van der Waals surface area (Å²) in [5, 5.41) is 2.63. The van der Waals surface area contributed by atoms with Crippen molar-refractivity contribution in [3.05, 3.63) is 200 Å². The molecule has 1 heterocycles. The van der Waals surface area contributed by atoms with E-state index in [1.54, 1.807) is 0 Å². The molecular weight excluding hydrogens is 623 g/mol. The van der Waals surface area contributed by atoms with E-state index in [-0.39, 0.29) is 0 Å². The van der Waals surface area contributed by atoms with Crippen LogP contribution in [0.4, 0.5) is 17.1 Å². The van der Waals surface area contributed by atoms with Gasteiger partial charge in [-0.3, -0.25) is 0 Å². The Kier molecular flexibility index (Phi) is 7.77. The third-order valence-corrected chi connectivity index (χ3v) is 10.7.